The van der Waals surface area contributed by atoms with Gasteiger partial charge in [-0.15, -0.1) is 47.1 Å². The second kappa shape index (κ2) is 11.7. The van der Waals surface area contributed by atoms with Crippen LogP contribution in [0.1, 0.15) is 22.0 Å². The summed E-state index contributed by atoms with van der Waals surface area (Å²) in [6.45, 7) is 5.78. The molecule has 0 aliphatic heterocycles. The molecule has 0 fully saturated rings. The van der Waals surface area contributed by atoms with Gasteiger partial charge in [-0.25, -0.2) is 4.98 Å². The van der Waals surface area contributed by atoms with Crippen molar-refractivity contribution in [2.75, 3.05) is 19.3 Å². The van der Waals surface area contributed by atoms with E-state index in [9.17, 15) is 0 Å². The Balaban J connectivity index is 0.00000288. The Morgan fingerprint density at radius 3 is 2.58 bits per heavy atom. The number of thiazole rings is 1. The smallest absolute Gasteiger partial charge is 0.191 e. The number of nitrogens with one attached hydrogen (secondary N) is 2. The van der Waals surface area contributed by atoms with Crippen LogP contribution in [0.2, 0.25) is 0 Å². The van der Waals surface area contributed by atoms with Gasteiger partial charge in [-0.2, -0.15) is 0 Å². The number of benzene rings is 1. The highest BCUT2D eigenvalue weighted by atomic mass is 127. The fourth-order valence-electron chi connectivity index (χ4n) is 2.11. The van der Waals surface area contributed by atoms with E-state index in [0.29, 0.717) is 0 Å². The number of hydrogen-bond donors (Lipinski definition) is 2. The molecule has 7 heteroatoms. The van der Waals surface area contributed by atoms with E-state index in [1.807, 2.05) is 24.8 Å². The van der Waals surface area contributed by atoms with Crippen molar-refractivity contribution < 1.29 is 0 Å². The minimum atomic E-state index is 0. The fourth-order valence-corrected chi connectivity index (χ4v) is 3.86. The van der Waals surface area contributed by atoms with Crippen LogP contribution in [-0.2, 0) is 6.54 Å². The average molecular weight is 476 g/mol. The predicted molar refractivity (Wildman–Crippen MR) is 117 cm³/mol. The van der Waals surface area contributed by atoms with Crippen LogP contribution in [0, 0.1) is 13.8 Å². The molecule has 0 unspecified atom stereocenters. The third-order valence-corrected chi connectivity index (χ3v) is 5.44. The van der Waals surface area contributed by atoms with Crippen molar-refractivity contribution in [3.63, 3.8) is 0 Å². The molecule has 0 atom stereocenters. The molecule has 1 aromatic heterocycles. The lowest BCUT2D eigenvalue weighted by atomic mass is 10.4. The van der Waals surface area contributed by atoms with Crippen molar-refractivity contribution in [3.8, 4) is 0 Å². The zero-order chi connectivity index (χ0) is 16.5. The van der Waals surface area contributed by atoms with E-state index >= 15 is 0 Å². The third kappa shape index (κ3) is 7.40. The lowest BCUT2D eigenvalue weighted by molar-refractivity contribution is 0.787. The fraction of sp³-hybridized carbons (Fsp3) is 0.412. The minimum absolute atomic E-state index is 0. The van der Waals surface area contributed by atoms with Crippen LogP contribution < -0.4 is 10.6 Å². The summed E-state index contributed by atoms with van der Waals surface area (Å²) in [4.78, 5) is 11.3. The number of hydrogen-bond acceptors (Lipinski definition) is 4. The lowest BCUT2D eigenvalue weighted by Gasteiger charge is -2.11. The molecule has 4 nitrogen and oxygen atoms in total. The van der Waals surface area contributed by atoms with Crippen LogP contribution in [0.5, 0.6) is 0 Å². The second-order valence-electron chi connectivity index (χ2n) is 5.11. The summed E-state index contributed by atoms with van der Waals surface area (Å²) in [5.41, 5.74) is 1.11. The Bertz CT molecular complexity index is 629. The van der Waals surface area contributed by atoms with Crippen LogP contribution in [0.3, 0.4) is 0 Å². The summed E-state index contributed by atoms with van der Waals surface area (Å²) in [5.74, 6) is 1.95. The van der Waals surface area contributed by atoms with E-state index in [0.717, 1.165) is 41.9 Å². The molecule has 132 valence electrons. The second-order valence-corrected chi connectivity index (χ2v) is 7.57. The van der Waals surface area contributed by atoms with Crippen LogP contribution in [-0.4, -0.2) is 30.3 Å². The van der Waals surface area contributed by atoms with Gasteiger partial charge < -0.3 is 10.6 Å². The Morgan fingerprint density at radius 2 is 1.96 bits per heavy atom. The minimum Gasteiger partial charge on any atom is -0.356 e. The highest BCUT2D eigenvalue weighted by Gasteiger charge is 2.05. The number of aliphatic imine (C=N–C) groups is 1. The molecule has 0 aliphatic rings. The Kier molecular flexibility index (Phi) is 10.4. The number of halogens is 1. The first-order chi connectivity index (χ1) is 11.2. The SMILES string of the molecule is CN=C(NCCCSc1ccccc1)NCc1sc(C)nc1C.I. The molecular weight excluding hydrogens is 451 g/mol. The Labute approximate surface area is 170 Å². The van der Waals surface area contributed by atoms with E-state index in [-0.39, 0.29) is 24.0 Å². The summed E-state index contributed by atoms with van der Waals surface area (Å²) >= 11 is 3.62. The molecule has 0 radical (unpaired) electrons. The number of guanidine groups is 1. The number of aromatic nitrogens is 1. The molecule has 2 rings (SSSR count). The summed E-state index contributed by atoms with van der Waals surface area (Å²) < 4.78 is 0. The summed E-state index contributed by atoms with van der Waals surface area (Å²) in [5, 5.41) is 7.82. The van der Waals surface area contributed by atoms with Gasteiger partial charge in [0.25, 0.3) is 0 Å². The van der Waals surface area contributed by atoms with Gasteiger partial charge >= 0.3 is 0 Å². The number of rotatable bonds is 7. The highest BCUT2D eigenvalue weighted by molar-refractivity contribution is 14.0. The van der Waals surface area contributed by atoms with Crippen LogP contribution in [0.15, 0.2) is 40.2 Å². The highest BCUT2D eigenvalue weighted by Crippen LogP contribution is 2.17. The molecule has 1 heterocycles. The van der Waals surface area contributed by atoms with Crippen molar-refractivity contribution >= 4 is 53.0 Å². The molecule has 0 saturated heterocycles. The normalized spacial score (nSPS) is 11.0. The first-order valence-electron chi connectivity index (χ1n) is 7.74. The van der Waals surface area contributed by atoms with E-state index in [1.165, 1.54) is 9.77 Å². The quantitative estimate of drug-likeness (QED) is 0.207. The Morgan fingerprint density at radius 1 is 1.21 bits per heavy atom. The topological polar surface area (TPSA) is 49.3 Å². The Hall–Kier alpha value is -0.800. The third-order valence-electron chi connectivity index (χ3n) is 3.27. The maximum absolute atomic E-state index is 4.45. The van der Waals surface area contributed by atoms with Crippen molar-refractivity contribution in [3.05, 3.63) is 45.9 Å². The maximum atomic E-state index is 4.45. The van der Waals surface area contributed by atoms with Crippen molar-refractivity contribution in [1.29, 1.82) is 0 Å². The molecule has 0 bridgehead atoms. The van der Waals surface area contributed by atoms with Crippen LogP contribution in [0.25, 0.3) is 0 Å². The monoisotopic (exact) mass is 476 g/mol. The lowest BCUT2D eigenvalue weighted by Crippen LogP contribution is -2.37. The van der Waals surface area contributed by atoms with Gasteiger partial charge in [0.1, 0.15) is 0 Å². The molecule has 2 aromatic rings. The maximum Gasteiger partial charge on any atom is 0.191 e. The van der Waals surface area contributed by atoms with Crippen LogP contribution in [0.4, 0.5) is 0 Å². The molecule has 2 N–H and O–H groups in total. The molecule has 0 amide bonds. The van der Waals surface area contributed by atoms with E-state index < -0.39 is 0 Å². The number of aryl methyl sites for hydroxylation is 2. The first kappa shape index (κ1) is 21.2. The molecule has 0 spiro atoms. The van der Waals surface area contributed by atoms with Gasteiger partial charge in [-0.1, -0.05) is 18.2 Å². The average Bonchev–Trinajstić information content (AvgIpc) is 2.88. The van der Waals surface area contributed by atoms with E-state index in [4.69, 9.17) is 0 Å². The summed E-state index contributed by atoms with van der Waals surface area (Å²) in [6.07, 6.45) is 1.10. The van der Waals surface area contributed by atoms with Crippen LogP contribution >= 0.6 is 47.1 Å². The zero-order valence-corrected chi connectivity index (χ0v) is 18.3. The molecule has 24 heavy (non-hydrogen) atoms. The number of nitrogens with zero attached hydrogens (tertiary/aromatic N) is 2. The van der Waals surface area contributed by atoms with Gasteiger partial charge in [-0.3, -0.25) is 4.99 Å². The molecule has 0 aliphatic carbocycles. The summed E-state index contributed by atoms with van der Waals surface area (Å²) in [6, 6.07) is 10.5. The first-order valence-corrected chi connectivity index (χ1v) is 9.54. The van der Waals surface area contributed by atoms with Gasteiger partial charge in [0.05, 0.1) is 17.2 Å². The standard InChI is InChI=1S/C17H24N4S2.HI/c1-13-16(23-14(2)21-13)12-20-17(18-3)19-10-7-11-22-15-8-5-4-6-9-15;/h4-6,8-9H,7,10-12H2,1-3H3,(H2,18,19,20);1H. The van der Waals surface area contributed by atoms with E-state index in [1.54, 1.807) is 18.4 Å². The van der Waals surface area contributed by atoms with Gasteiger partial charge in [0, 0.05) is 23.4 Å². The molecular formula is C17H25IN4S2. The predicted octanol–water partition coefficient (Wildman–Crippen LogP) is 4.23. The largest absolute Gasteiger partial charge is 0.356 e. The van der Waals surface area contributed by atoms with Gasteiger partial charge in [0.15, 0.2) is 5.96 Å². The van der Waals surface area contributed by atoms with E-state index in [2.05, 4.69) is 51.8 Å². The van der Waals surface area contributed by atoms with Gasteiger partial charge in [-0.05, 0) is 38.2 Å². The van der Waals surface area contributed by atoms with Gasteiger partial charge in [0.2, 0.25) is 0 Å². The molecule has 0 saturated carbocycles. The van der Waals surface area contributed by atoms with Crippen molar-refractivity contribution in [1.82, 2.24) is 15.6 Å². The van der Waals surface area contributed by atoms with Crippen molar-refractivity contribution in [2.45, 2.75) is 31.7 Å². The number of thioether (sulfide) groups is 1. The summed E-state index contributed by atoms with van der Waals surface area (Å²) in [7, 11) is 1.80. The molecule has 1 aromatic carbocycles. The zero-order valence-electron chi connectivity index (χ0n) is 14.3. The van der Waals surface area contributed by atoms with Crippen molar-refractivity contribution in [2.24, 2.45) is 4.99 Å².